The van der Waals surface area contributed by atoms with Gasteiger partial charge in [0, 0.05) is 18.9 Å². The maximum absolute atomic E-state index is 10.2. The minimum atomic E-state index is -2.35. The Balaban J connectivity index is -0.0000000720. The Kier molecular flexibility index (Phi) is 22.6. The molecule has 0 aromatic carbocycles. The van der Waals surface area contributed by atoms with Crippen molar-refractivity contribution in [3.8, 4) is 0 Å². The van der Waals surface area contributed by atoms with Crippen LogP contribution in [0, 0.1) is 0 Å². The van der Waals surface area contributed by atoms with E-state index >= 15 is 0 Å². The first-order chi connectivity index (χ1) is 3.46. The molecule has 0 bridgehead atoms. The molecule has 0 N–H and O–H groups in total. The fourth-order valence-electron chi connectivity index (χ4n) is 0. The van der Waals surface area contributed by atoms with E-state index in [1.807, 2.05) is 31.5 Å². The predicted octanol–water partition coefficient (Wildman–Crippen LogP) is 2.23. The van der Waals surface area contributed by atoms with Crippen molar-refractivity contribution in [2.45, 2.75) is 0 Å². The number of rotatable bonds is 0. The van der Waals surface area contributed by atoms with Crippen LogP contribution < -0.4 is 0 Å². The molecule has 0 amide bonds. The summed E-state index contributed by atoms with van der Waals surface area (Å²) in [4.78, 5) is 0. The molecule has 0 aromatic heterocycles. The Morgan fingerprint density at radius 2 is 0.778 bits per heavy atom. The van der Waals surface area contributed by atoms with E-state index in [9.17, 15) is 17.3 Å². The van der Waals surface area contributed by atoms with Crippen LogP contribution in [-0.2, 0) is 0 Å². The van der Waals surface area contributed by atoms with Gasteiger partial charge in [0.25, 0.3) is 0 Å². The van der Waals surface area contributed by atoms with Gasteiger partial charge in [0.15, 0.2) is 0 Å². The zero-order valence-corrected chi connectivity index (χ0v) is 7.59. The van der Waals surface area contributed by atoms with Crippen molar-refractivity contribution in [1.82, 2.24) is 0 Å². The normalized spacial score (nSPS) is 6.00. The molecule has 0 unspecified atom stereocenters. The first kappa shape index (κ1) is 16.8. The average Bonchev–Trinajstić information content (AvgIpc) is 1.25. The van der Waals surface area contributed by atoms with Crippen LogP contribution in [0.15, 0.2) is 0 Å². The average molecular weight is 264 g/mol. The molecule has 49 valence electrons. The van der Waals surface area contributed by atoms with Crippen LogP contribution in [0.2, 0.25) is 0 Å². The molecule has 0 fully saturated rings. The summed E-state index contributed by atoms with van der Waals surface area (Å²) in [6, 6.07) is 0. The zero-order chi connectivity index (χ0) is 7.15. The molecule has 0 saturated heterocycles. The molecule has 9 heteroatoms. The molecule has 9 heavy (non-hydrogen) atoms. The summed E-state index contributed by atoms with van der Waals surface area (Å²) in [6.45, 7) is 0. The summed E-state index contributed by atoms with van der Waals surface area (Å²) in [6.07, 6.45) is -4.71. The van der Waals surface area contributed by atoms with Gasteiger partial charge in [-0.1, -0.05) is 31.5 Å². The molecule has 0 heterocycles. The van der Waals surface area contributed by atoms with E-state index in [0.717, 1.165) is 0 Å². The monoisotopic (exact) mass is 263 g/mol. The fraction of sp³-hybridized carbons (Fsp3) is 0. The summed E-state index contributed by atoms with van der Waals surface area (Å²) >= 11 is 3.88. The molecule has 0 spiro atoms. The number of hydrogen-bond donors (Lipinski definition) is 0. The van der Waals surface area contributed by atoms with Crippen molar-refractivity contribution in [3.63, 3.8) is 0 Å². The van der Waals surface area contributed by atoms with Gasteiger partial charge in [-0.25, -0.2) is 0 Å². The van der Waals surface area contributed by atoms with E-state index in [4.69, 9.17) is 0 Å². The van der Waals surface area contributed by atoms with Gasteiger partial charge in [-0.3, -0.25) is 17.3 Å². The van der Waals surface area contributed by atoms with Gasteiger partial charge in [-0.05, 0) is 0 Å². The van der Waals surface area contributed by atoms with Gasteiger partial charge in [0.2, 0.25) is 0 Å². The number of halogens is 6. The van der Waals surface area contributed by atoms with E-state index in [1.165, 1.54) is 0 Å². The van der Waals surface area contributed by atoms with Crippen LogP contribution in [0.3, 0.4) is 0 Å². The van der Waals surface area contributed by atoms with Crippen molar-refractivity contribution in [1.29, 1.82) is 0 Å². The smallest absolute Gasteiger partial charge is 0.274 e. The van der Waals surface area contributed by atoms with Crippen LogP contribution in [0.25, 0.3) is 0 Å². The zero-order valence-electron chi connectivity index (χ0n) is 4.42. The molecular weight excluding hydrogens is 264 g/mol. The second-order valence-electron chi connectivity index (χ2n) is 0.495. The first-order valence-corrected chi connectivity index (χ1v) is 3.14. The van der Waals surface area contributed by atoms with Crippen molar-refractivity contribution >= 4 is 62.6 Å². The van der Waals surface area contributed by atoms with Crippen LogP contribution >= 0.6 is 31.5 Å². The van der Waals surface area contributed by atoms with Gasteiger partial charge in [-0.15, -0.1) is 0 Å². The van der Waals surface area contributed by atoms with Crippen LogP contribution in [0.4, 0.5) is 17.3 Å². The van der Waals surface area contributed by atoms with Crippen molar-refractivity contribution in [2.75, 3.05) is 0 Å². The quantitative estimate of drug-likeness (QED) is 0.465. The summed E-state index contributed by atoms with van der Waals surface area (Å²) in [7, 11) is 0. The number of hydrogen-bond acceptors (Lipinski definition) is 0. The largest absolute Gasteiger partial charge is 0.616 e. The fourth-order valence-corrected chi connectivity index (χ4v) is 0. The Hall–Kier alpha value is 1.41. The summed E-state index contributed by atoms with van der Waals surface area (Å²) in [5, 5.41) is 0. The van der Waals surface area contributed by atoms with E-state index in [1.54, 1.807) is 0 Å². The van der Waals surface area contributed by atoms with E-state index in [2.05, 4.69) is 0 Å². The summed E-state index contributed by atoms with van der Waals surface area (Å²) in [5.41, 5.74) is 0. The molecule has 0 aliphatic rings. The third-order valence-corrected chi connectivity index (χ3v) is 0. The standard InChI is InChI=1S/2BBrF2.Li/c2*2-1(3)4;. The maximum Gasteiger partial charge on any atom is 0.616 e. The second kappa shape index (κ2) is 12.1. The Morgan fingerprint density at radius 1 is 0.778 bits per heavy atom. The molecule has 0 atom stereocenters. The molecule has 0 aromatic rings. The molecule has 0 saturated carbocycles. The van der Waals surface area contributed by atoms with Crippen LogP contribution in [0.1, 0.15) is 0 Å². The molecular formula is B2Br2F4Li. The Labute approximate surface area is 79.6 Å². The third kappa shape index (κ3) is 261. The van der Waals surface area contributed by atoms with E-state index in [0.29, 0.717) is 0 Å². The molecule has 0 aliphatic heterocycles. The van der Waals surface area contributed by atoms with Crippen LogP contribution in [0.5, 0.6) is 0 Å². The van der Waals surface area contributed by atoms with Gasteiger partial charge in [0.05, 0.1) is 0 Å². The molecule has 0 aliphatic carbocycles. The summed E-state index contributed by atoms with van der Waals surface area (Å²) in [5.74, 6) is 0. The van der Waals surface area contributed by atoms with Crippen molar-refractivity contribution < 1.29 is 17.3 Å². The second-order valence-corrected chi connectivity index (χ2v) is 1.88. The Morgan fingerprint density at radius 3 is 0.778 bits per heavy atom. The first-order valence-electron chi connectivity index (χ1n) is 1.31. The van der Waals surface area contributed by atoms with E-state index < -0.39 is 12.2 Å². The molecule has 0 rings (SSSR count). The maximum atomic E-state index is 10.2. The minimum absolute atomic E-state index is 0. The minimum Gasteiger partial charge on any atom is -0.274 e. The SMILES string of the molecule is FB(F)Br.FB(F)Br.[Li]. The predicted molar refractivity (Wildman–Crippen MR) is 39.5 cm³/mol. The molecule has 0 nitrogen and oxygen atoms in total. The van der Waals surface area contributed by atoms with Crippen molar-refractivity contribution in [3.05, 3.63) is 0 Å². The van der Waals surface area contributed by atoms with Gasteiger partial charge >= 0.3 is 12.2 Å². The van der Waals surface area contributed by atoms with E-state index in [-0.39, 0.29) is 18.9 Å². The van der Waals surface area contributed by atoms with Gasteiger partial charge < -0.3 is 0 Å². The van der Waals surface area contributed by atoms with Gasteiger partial charge in [-0.2, -0.15) is 0 Å². The van der Waals surface area contributed by atoms with Crippen LogP contribution in [-0.4, -0.2) is 31.0 Å². The third-order valence-electron chi connectivity index (χ3n) is 0. The van der Waals surface area contributed by atoms with Gasteiger partial charge in [0.1, 0.15) is 0 Å². The Bertz CT molecular complexity index is 32.0. The summed E-state index contributed by atoms with van der Waals surface area (Å²) < 4.78 is 41.0. The van der Waals surface area contributed by atoms with Crippen molar-refractivity contribution in [2.24, 2.45) is 0 Å². The molecule has 1 radical (unpaired) electrons. The topological polar surface area (TPSA) is 0 Å².